The number of nitrogens with two attached hydrogens (primary N) is 1. The molecule has 1 heterocycles. The van der Waals surface area contributed by atoms with Crippen LogP contribution in [0.5, 0.6) is 0 Å². The zero-order valence-electron chi connectivity index (χ0n) is 10.9. The third kappa shape index (κ3) is 3.06. The number of thioether (sulfide) groups is 1. The Morgan fingerprint density at radius 3 is 2.89 bits per heavy atom. The molecule has 0 spiro atoms. The van der Waals surface area contributed by atoms with Crippen LogP contribution in [0.4, 0.5) is 0 Å². The van der Waals surface area contributed by atoms with E-state index in [-0.39, 0.29) is 5.84 Å². The lowest BCUT2D eigenvalue weighted by Gasteiger charge is -2.14. The zero-order chi connectivity index (χ0) is 13.1. The van der Waals surface area contributed by atoms with E-state index >= 15 is 0 Å². The minimum absolute atomic E-state index is 0.134. The Morgan fingerprint density at radius 1 is 1.56 bits per heavy atom. The molecular formula is C14H20N2OS. The van der Waals surface area contributed by atoms with Crippen molar-refractivity contribution in [1.29, 1.82) is 5.41 Å². The van der Waals surface area contributed by atoms with Gasteiger partial charge in [0.25, 0.3) is 0 Å². The van der Waals surface area contributed by atoms with Crippen LogP contribution in [0.3, 0.4) is 0 Å². The third-order valence-corrected chi connectivity index (χ3v) is 4.94. The predicted molar refractivity (Wildman–Crippen MR) is 77.3 cm³/mol. The van der Waals surface area contributed by atoms with E-state index in [1.807, 2.05) is 23.9 Å². The molecule has 1 fully saturated rings. The number of nitrogens with one attached hydrogen (secondary N) is 1. The van der Waals surface area contributed by atoms with E-state index in [0.717, 1.165) is 24.3 Å². The number of rotatable bonds is 4. The van der Waals surface area contributed by atoms with Crippen molar-refractivity contribution in [3.05, 3.63) is 34.9 Å². The minimum atomic E-state index is 0.134. The first-order valence-electron chi connectivity index (χ1n) is 6.25. The predicted octanol–water partition coefficient (Wildman–Crippen LogP) is 2.69. The molecule has 1 aliphatic heterocycles. The van der Waals surface area contributed by atoms with Gasteiger partial charge in [0.1, 0.15) is 5.84 Å². The van der Waals surface area contributed by atoms with Gasteiger partial charge in [0.2, 0.25) is 0 Å². The van der Waals surface area contributed by atoms with Gasteiger partial charge in [-0.05, 0) is 37.5 Å². The molecule has 0 saturated carbocycles. The van der Waals surface area contributed by atoms with Gasteiger partial charge < -0.3 is 10.5 Å². The summed E-state index contributed by atoms with van der Waals surface area (Å²) in [7, 11) is 0. The molecular weight excluding hydrogens is 244 g/mol. The van der Waals surface area contributed by atoms with E-state index in [1.165, 1.54) is 11.1 Å². The van der Waals surface area contributed by atoms with Gasteiger partial charge in [0.15, 0.2) is 0 Å². The Hall–Kier alpha value is -1.000. The first-order chi connectivity index (χ1) is 8.58. The standard InChI is InChI=1S/C14H20N2OS/c1-9-7-11(14(15)16)3-4-12(9)8-18-13-5-6-17-10(13)2/h3-4,7,10,13H,5-6,8H2,1-2H3,(H3,15,16). The second-order valence-electron chi connectivity index (χ2n) is 4.77. The van der Waals surface area contributed by atoms with Gasteiger partial charge in [0.05, 0.1) is 6.10 Å². The maximum atomic E-state index is 7.42. The highest BCUT2D eigenvalue weighted by atomic mass is 32.2. The van der Waals surface area contributed by atoms with Gasteiger partial charge >= 0.3 is 0 Å². The fourth-order valence-electron chi connectivity index (χ4n) is 2.15. The summed E-state index contributed by atoms with van der Waals surface area (Å²) in [5, 5.41) is 8.03. The van der Waals surface area contributed by atoms with Crippen molar-refractivity contribution < 1.29 is 4.74 Å². The fraction of sp³-hybridized carbons (Fsp3) is 0.500. The van der Waals surface area contributed by atoms with Crippen molar-refractivity contribution in [3.63, 3.8) is 0 Å². The number of hydrogen-bond donors (Lipinski definition) is 2. The van der Waals surface area contributed by atoms with E-state index in [0.29, 0.717) is 11.4 Å². The summed E-state index contributed by atoms with van der Waals surface area (Å²) >= 11 is 1.96. The van der Waals surface area contributed by atoms with Crippen molar-refractivity contribution in [2.75, 3.05) is 6.61 Å². The van der Waals surface area contributed by atoms with Gasteiger partial charge in [-0.25, -0.2) is 0 Å². The highest BCUT2D eigenvalue weighted by Crippen LogP contribution is 2.29. The topological polar surface area (TPSA) is 59.1 Å². The van der Waals surface area contributed by atoms with Crippen molar-refractivity contribution in [2.24, 2.45) is 5.73 Å². The second-order valence-corrected chi connectivity index (χ2v) is 6.00. The number of benzene rings is 1. The van der Waals surface area contributed by atoms with Crippen LogP contribution in [0.2, 0.25) is 0 Å². The Kier molecular flexibility index (Phi) is 4.30. The monoisotopic (exact) mass is 264 g/mol. The van der Waals surface area contributed by atoms with Crippen LogP contribution in [0.25, 0.3) is 0 Å². The van der Waals surface area contributed by atoms with E-state index in [1.54, 1.807) is 0 Å². The van der Waals surface area contributed by atoms with Crippen LogP contribution in [0.15, 0.2) is 18.2 Å². The molecule has 18 heavy (non-hydrogen) atoms. The van der Waals surface area contributed by atoms with Crippen molar-refractivity contribution in [1.82, 2.24) is 0 Å². The molecule has 0 radical (unpaired) electrons. The molecule has 2 rings (SSSR count). The van der Waals surface area contributed by atoms with Crippen LogP contribution < -0.4 is 5.73 Å². The number of ether oxygens (including phenoxy) is 1. The first kappa shape index (κ1) is 13.4. The van der Waals surface area contributed by atoms with E-state index in [2.05, 4.69) is 19.9 Å². The van der Waals surface area contributed by atoms with Crippen molar-refractivity contribution in [3.8, 4) is 0 Å². The van der Waals surface area contributed by atoms with Crippen LogP contribution in [-0.4, -0.2) is 23.8 Å². The number of amidine groups is 1. The Morgan fingerprint density at radius 2 is 2.33 bits per heavy atom. The van der Waals surface area contributed by atoms with Gasteiger partial charge in [0, 0.05) is 23.2 Å². The SMILES string of the molecule is Cc1cc(C(=N)N)ccc1CSC1CCOC1C. The molecule has 0 bridgehead atoms. The molecule has 0 aliphatic carbocycles. The van der Waals surface area contributed by atoms with Gasteiger partial charge in [-0.15, -0.1) is 0 Å². The summed E-state index contributed by atoms with van der Waals surface area (Å²) in [4.78, 5) is 0. The lowest BCUT2D eigenvalue weighted by Crippen LogP contribution is -2.14. The summed E-state index contributed by atoms with van der Waals surface area (Å²) in [5.41, 5.74) is 8.82. The highest BCUT2D eigenvalue weighted by molar-refractivity contribution is 7.99. The Bertz CT molecular complexity index is 447. The summed E-state index contributed by atoms with van der Waals surface area (Å²) in [6, 6.07) is 6.01. The number of nitrogen functional groups attached to an aromatic ring is 1. The second kappa shape index (κ2) is 5.76. The van der Waals surface area contributed by atoms with Crippen LogP contribution in [0.1, 0.15) is 30.0 Å². The lowest BCUT2D eigenvalue weighted by atomic mass is 10.1. The molecule has 0 aromatic heterocycles. The third-order valence-electron chi connectivity index (χ3n) is 3.41. The quantitative estimate of drug-likeness (QED) is 0.649. The van der Waals surface area contributed by atoms with Gasteiger partial charge in [-0.1, -0.05) is 12.1 Å². The van der Waals surface area contributed by atoms with Crippen LogP contribution in [0, 0.1) is 12.3 Å². The average Bonchev–Trinajstić information content (AvgIpc) is 2.73. The molecule has 98 valence electrons. The van der Waals surface area contributed by atoms with Gasteiger partial charge in [-0.3, -0.25) is 5.41 Å². The molecule has 1 aliphatic rings. The summed E-state index contributed by atoms with van der Waals surface area (Å²) in [6.07, 6.45) is 1.52. The number of aryl methyl sites for hydroxylation is 1. The first-order valence-corrected chi connectivity index (χ1v) is 7.30. The summed E-state index contributed by atoms with van der Waals surface area (Å²) < 4.78 is 5.57. The molecule has 2 atom stereocenters. The Labute approximate surface area is 113 Å². The fourth-order valence-corrected chi connectivity index (χ4v) is 3.48. The molecule has 1 aromatic carbocycles. The molecule has 1 saturated heterocycles. The maximum absolute atomic E-state index is 7.42. The normalized spacial score (nSPS) is 23.2. The average molecular weight is 264 g/mol. The molecule has 3 N–H and O–H groups in total. The number of hydrogen-bond acceptors (Lipinski definition) is 3. The van der Waals surface area contributed by atoms with Gasteiger partial charge in [-0.2, -0.15) is 11.8 Å². The lowest BCUT2D eigenvalue weighted by molar-refractivity contribution is 0.127. The molecule has 3 nitrogen and oxygen atoms in total. The van der Waals surface area contributed by atoms with Crippen molar-refractivity contribution >= 4 is 17.6 Å². The summed E-state index contributed by atoms with van der Waals surface area (Å²) in [6.45, 7) is 5.12. The van der Waals surface area contributed by atoms with Crippen LogP contribution in [-0.2, 0) is 10.5 Å². The highest BCUT2D eigenvalue weighted by Gasteiger charge is 2.24. The molecule has 1 aromatic rings. The summed E-state index contributed by atoms with van der Waals surface area (Å²) in [5.74, 6) is 1.14. The maximum Gasteiger partial charge on any atom is 0.122 e. The van der Waals surface area contributed by atoms with E-state index in [4.69, 9.17) is 15.9 Å². The molecule has 2 unspecified atom stereocenters. The minimum Gasteiger partial charge on any atom is -0.384 e. The molecule has 0 amide bonds. The zero-order valence-corrected chi connectivity index (χ0v) is 11.7. The van der Waals surface area contributed by atoms with E-state index in [9.17, 15) is 0 Å². The van der Waals surface area contributed by atoms with E-state index < -0.39 is 0 Å². The Balaban J connectivity index is 1.99. The van der Waals surface area contributed by atoms with Crippen LogP contribution >= 0.6 is 11.8 Å². The van der Waals surface area contributed by atoms with Crippen molar-refractivity contribution in [2.45, 2.75) is 37.4 Å². The molecule has 4 heteroatoms. The largest absolute Gasteiger partial charge is 0.384 e. The smallest absolute Gasteiger partial charge is 0.122 e.